The van der Waals surface area contributed by atoms with Gasteiger partial charge in [0, 0.05) is 5.69 Å². The number of benzene rings is 1. The Morgan fingerprint density at radius 2 is 2.10 bits per heavy atom. The largest absolute Gasteiger partial charge is 0.478 e. The predicted octanol–water partition coefficient (Wildman–Crippen LogP) is 2.41. The number of carbonyl (C=O) groups excluding carboxylic acids is 1. The number of nitrogens with one attached hydrogen (secondary N) is 2. The minimum absolute atomic E-state index is 0.108. The van der Waals surface area contributed by atoms with Crippen molar-refractivity contribution in [2.24, 2.45) is 5.41 Å². The SMILES string of the molecule is Cc1ccc(NC(=O)C2NCCCC2(C)C)cc1C(=O)O. The van der Waals surface area contributed by atoms with Crippen molar-refractivity contribution in [1.82, 2.24) is 5.32 Å². The van der Waals surface area contributed by atoms with E-state index in [1.807, 2.05) is 0 Å². The summed E-state index contributed by atoms with van der Waals surface area (Å²) in [5.41, 5.74) is 1.30. The van der Waals surface area contributed by atoms with Gasteiger partial charge in [-0.25, -0.2) is 4.79 Å². The van der Waals surface area contributed by atoms with Crippen LogP contribution >= 0.6 is 0 Å². The molecule has 1 unspecified atom stereocenters. The highest BCUT2D eigenvalue weighted by atomic mass is 16.4. The van der Waals surface area contributed by atoms with E-state index in [4.69, 9.17) is 5.11 Å². The Labute approximate surface area is 124 Å². The molecular formula is C16H22N2O3. The molecule has 1 atom stereocenters. The molecule has 114 valence electrons. The van der Waals surface area contributed by atoms with Crippen LogP contribution in [-0.2, 0) is 4.79 Å². The third kappa shape index (κ3) is 3.42. The average molecular weight is 290 g/mol. The minimum Gasteiger partial charge on any atom is -0.478 e. The van der Waals surface area contributed by atoms with E-state index in [9.17, 15) is 9.59 Å². The fourth-order valence-electron chi connectivity index (χ4n) is 2.80. The molecule has 21 heavy (non-hydrogen) atoms. The van der Waals surface area contributed by atoms with Crippen molar-refractivity contribution in [2.45, 2.75) is 39.7 Å². The third-order valence-electron chi connectivity index (χ3n) is 4.13. The molecule has 0 radical (unpaired) electrons. The van der Waals surface area contributed by atoms with E-state index >= 15 is 0 Å². The zero-order valence-corrected chi connectivity index (χ0v) is 12.7. The van der Waals surface area contributed by atoms with E-state index < -0.39 is 5.97 Å². The second kappa shape index (κ2) is 5.85. The predicted molar refractivity (Wildman–Crippen MR) is 81.6 cm³/mol. The van der Waals surface area contributed by atoms with Gasteiger partial charge in [0.05, 0.1) is 11.6 Å². The monoisotopic (exact) mass is 290 g/mol. The van der Waals surface area contributed by atoms with Crippen molar-refractivity contribution >= 4 is 17.6 Å². The van der Waals surface area contributed by atoms with Gasteiger partial charge in [-0.1, -0.05) is 19.9 Å². The van der Waals surface area contributed by atoms with Crippen molar-refractivity contribution < 1.29 is 14.7 Å². The van der Waals surface area contributed by atoms with Gasteiger partial charge in [-0.15, -0.1) is 0 Å². The summed E-state index contributed by atoms with van der Waals surface area (Å²) in [6.07, 6.45) is 2.05. The number of anilines is 1. The van der Waals surface area contributed by atoms with Gasteiger partial charge < -0.3 is 15.7 Å². The van der Waals surface area contributed by atoms with Crippen LogP contribution in [0.5, 0.6) is 0 Å². The molecule has 0 spiro atoms. The summed E-state index contributed by atoms with van der Waals surface area (Å²) in [5.74, 6) is -1.10. The topological polar surface area (TPSA) is 78.4 Å². The van der Waals surface area contributed by atoms with Gasteiger partial charge >= 0.3 is 5.97 Å². The van der Waals surface area contributed by atoms with Gasteiger partial charge in [-0.05, 0) is 49.4 Å². The second-order valence-corrected chi connectivity index (χ2v) is 6.30. The number of carboxylic acids is 1. The maximum Gasteiger partial charge on any atom is 0.336 e. The molecule has 1 heterocycles. The molecule has 5 heteroatoms. The number of carboxylic acid groups (broad SMARTS) is 1. The molecule has 0 aliphatic carbocycles. The summed E-state index contributed by atoms with van der Waals surface area (Å²) < 4.78 is 0. The first-order valence-corrected chi connectivity index (χ1v) is 7.19. The maximum atomic E-state index is 12.4. The lowest BCUT2D eigenvalue weighted by Crippen LogP contribution is -2.53. The Morgan fingerprint density at radius 3 is 2.71 bits per heavy atom. The van der Waals surface area contributed by atoms with E-state index in [0.29, 0.717) is 11.3 Å². The van der Waals surface area contributed by atoms with Crippen LogP contribution in [0.3, 0.4) is 0 Å². The smallest absolute Gasteiger partial charge is 0.336 e. The van der Waals surface area contributed by atoms with Crippen molar-refractivity contribution in [1.29, 1.82) is 0 Å². The van der Waals surface area contributed by atoms with Crippen LogP contribution in [-0.4, -0.2) is 29.6 Å². The quantitative estimate of drug-likeness (QED) is 0.799. The zero-order valence-electron chi connectivity index (χ0n) is 12.7. The fourth-order valence-corrected chi connectivity index (χ4v) is 2.80. The summed E-state index contributed by atoms with van der Waals surface area (Å²) >= 11 is 0. The molecule has 1 aliphatic rings. The number of hydrogen-bond acceptors (Lipinski definition) is 3. The molecule has 1 aliphatic heterocycles. The molecule has 0 aromatic heterocycles. The highest BCUT2D eigenvalue weighted by Crippen LogP contribution is 2.30. The Kier molecular flexibility index (Phi) is 4.32. The Bertz CT molecular complexity index is 567. The van der Waals surface area contributed by atoms with Gasteiger partial charge in [0.2, 0.25) is 5.91 Å². The van der Waals surface area contributed by atoms with Crippen molar-refractivity contribution in [2.75, 3.05) is 11.9 Å². The Balaban J connectivity index is 2.16. The lowest BCUT2D eigenvalue weighted by molar-refractivity contribution is -0.121. The lowest BCUT2D eigenvalue weighted by Gasteiger charge is -2.38. The fraction of sp³-hybridized carbons (Fsp3) is 0.500. The number of amides is 1. The molecule has 3 N–H and O–H groups in total. The molecule has 1 aromatic rings. The first-order valence-electron chi connectivity index (χ1n) is 7.19. The molecular weight excluding hydrogens is 268 g/mol. The number of piperidine rings is 1. The van der Waals surface area contributed by atoms with Gasteiger partial charge in [0.1, 0.15) is 0 Å². The number of hydrogen-bond donors (Lipinski definition) is 3. The number of aromatic carboxylic acids is 1. The Hall–Kier alpha value is -1.88. The molecule has 0 saturated carbocycles. The van der Waals surface area contributed by atoms with Crippen LogP contribution in [0.15, 0.2) is 18.2 Å². The molecule has 1 aromatic carbocycles. The molecule has 1 fully saturated rings. The standard InChI is InChI=1S/C16H22N2O3/c1-10-5-6-11(9-12(10)15(20)21)18-14(19)13-16(2,3)7-4-8-17-13/h5-6,9,13,17H,4,7-8H2,1-3H3,(H,18,19)(H,20,21). The van der Waals surface area contributed by atoms with Crippen LogP contribution in [0.1, 0.15) is 42.6 Å². The van der Waals surface area contributed by atoms with Crippen molar-refractivity contribution in [3.8, 4) is 0 Å². The number of aryl methyl sites for hydroxylation is 1. The van der Waals surface area contributed by atoms with Crippen molar-refractivity contribution in [3.05, 3.63) is 29.3 Å². The summed E-state index contributed by atoms with van der Waals surface area (Å²) in [7, 11) is 0. The summed E-state index contributed by atoms with van der Waals surface area (Å²) in [6.45, 7) is 6.71. The van der Waals surface area contributed by atoms with Gasteiger partial charge in [0.15, 0.2) is 0 Å². The Morgan fingerprint density at radius 1 is 1.38 bits per heavy atom. The minimum atomic E-state index is -0.986. The molecule has 2 rings (SSSR count). The molecule has 1 saturated heterocycles. The summed E-state index contributed by atoms with van der Waals surface area (Å²) in [4.78, 5) is 23.6. The first-order chi connectivity index (χ1) is 9.81. The maximum absolute atomic E-state index is 12.4. The summed E-state index contributed by atoms with van der Waals surface area (Å²) in [5, 5.41) is 15.2. The molecule has 5 nitrogen and oxygen atoms in total. The molecule has 1 amide bonds. The van der Waals surface area contributed by atoms with Crippen LogP contribution in [0, 0.1) is 12.3 Å². The van der Waals surface area contributed by atoms with E-state index in [0.717, 1.165) is 19.4 Å². The van der Waals surface area contributed by atoms with Crippen molar-refractivity contribution in [3.63, 3.8) is 0 Å². The van der Waals surface area contributed by atoms with E-state index in [2.05, 4.69) is 24.5 Å². The van der Waals surface area contributed by atoms with Crippen LogP contribution < -0.4 is 10.6 Å². The van der Waals surface area contributed by atoms with Crippen LogP contribution in [0.2, 0.25) is 0 Å². The zero-order chi connectivity index (χ0) is 15.6. The lowest BCUT2D eigenvalue weighted by atomic mass is 9.77. The van der Waals surface area contributed by atoms with E-state index in [1.54, 1.807) is 19.1 Å². The molecule has 0 bridgehead atoms. The normalized spacial score (nSPS) is 20.8. The van der Waals surface area contributed by atoms with Crippen LogP contribution in [0.25, 0.3) is 0 Å². The van der Waals surface area contributed by atoms with E-state index in [-0.39, 0.29) is 22.9 Å². The van der Waals surface area contributed by atoms with Gasteiger partial charge in [0.25, 0.3) is 0 Å². The van der Waals surface area contributed by atoms with E-state index in [1.165, 1.54) is 6.07 Å². The average Bonchev–Trinajstić information content (AvgIpc) is 2.40. The number of rotatable bonds is 3. The summed E-state index contributed by atoms with van der Waals surface area (Å²) in [6, 6.07) is 4.68. The van der Waals surface area contributed by atoms with Crippen LogP contribution in [0.4, 0.5) is 5.69 Å². The highest BCUT2D eigenvalue weighted by Gasteiger charge is 2.37. The van der Waals surface area contributed by atoms with Gasteiger partial charge in [-0.2, -0.15) is 0 Å². The third-order valence-corrected chi connectivity index (χ3v) is 4.13. The number of carbonyl (C=O) groups is 2. The second-order valence-electron chi connectivity index (χ2n) is 6.30. The highest BCUT2D eigenvalue weighted by molar-refractivity contribution is 5.97. The van der Waals surface area contributed by atoms with Gasteiger partial charge in [-0.3, -0.25) is 4.79 Å². The first kappa shape index (κ1) is 15.5.